The van der Waals surface area contributed by atoms with Crippen LogP contribution in [0.15, 0.2) is 12.3 Å². The number of aliphatic hydroxyl groups excluding tert-OH is 1. The monoisotopic (exact) mass is 278 g/mol. The van der Waals surface area contributed by atoms with E-state index in [9.17, 15) is 5.11 Å². The van der Waals surface area contributed by atoms with Crippen molar-refractivity contribution in [1.29, 1.82) is 0 Å². The van der Waals surface area contributed by atoms with Crippen LogP contribution in [0.5, 0.6) is 0 Å². The van der Waals surface area contributed by atoms with Crippen molar-refractivity contribution in [3.63, 3.8) is 0 Å². The lowest BCUT2D eigenvalue weighted by atomic mass is 9.95. The van der Waals surface area contributed by atoms with Gasteiger partial charge in [0, 0.05) is 23.5 Å². The Balaban J connectivity index is 1.91. The van der Waals surface area contributed by atoms with Crippen LogP contribution >= 0.6 is 0 Å². The van der Waals surface area contributed by atoms with E-state index in [4.69, 9.17) is 0 Å². The Morgan fingerprint density at radius 3 is 2.85 bits per heavy atom. The zero-order chi connectivity index (χ0) is 14.5. The van der Waals surface area contributed by atoms with Crippen molar-refractivity contribution >= 4 is 0 Å². The molecule has 1 N–H and O–H groups in total. The van der Waals surface area contributed by atoms with Gasteiger partial charge in [0.2, 0.25) is 0 Å². The third kappa shape index (κ3) is 3.44. The lowest BCUT2D eigenvalue weighted by Crippen LogP contribution is -2.24. The van der Waals surface area contributed by atoms with E-state index >= 15 is 0 Å². The van der Waals surface area contributed by atoms with Gasteiger partial charge in [-0.1, -0.05) is 13.8 Å². The highest BCUT2D eigenvalue weighted by Gasteiger charge is 2.22. The summed E-state index contributed by atoms with van der Waals surface area (Å²) in [4.78, 5) is 2.49. The van der Waals surface area contributed by atoms with Crippen molar-refractivity contribution in [3.8, 4) is 0 Å². The van der Waals surface area contributed by atoms with E-state index in [0.717, 1.165) is 32.4 Å². The van der Waals surface area contributed by atoms with Crippen LogP contribution in [0, 0.1) is 0 Å². The topological polar surface area (TPSA) is 28.4 Å². The van der Waals surface area contributed by atoms with Crippen molar-refractivity contribution in [2.24, 2.45) is 0 Å². The van der Waals surface area contributed by atoms with E-state index in [1.165, 1.54) is 30.6 Å². The number of aromatic nitrogens is 1. The Bertz CT molecular complexity index is 409. The van der Waals surface area contributed by atoms with E-state index in [2.05, 4.69) is 42.5 Å². The minimum atomic E-state index is -0.233. The predicted octanol–water partition coefficient (Wildman–Crippen LogP) is 3.54. The SMILES string of the molecule is CCN(CC)CCCC(C)n1ccc2c1CCCC2O. The molecule has 1 heterocycles. The van der Waals surface area contributed by atoms with E-state index in [1.54, 1.807) is 0 Å². The van der Waals surface area contributed by atoms with Gasteiger partial charge < -0.3 is 14.6 Å². The summed E-state index contributed by atoms with van der Waals surface area (Å²) in [6.07, 6.45) is 7.58. The highest BCUT2D eigenvalue weighted by molar-refractivity contribution is 5.27. The number of fused-ring (bicyclic) bond motifs is 1. The Morgan fingerprint density at radius 1 is 1.40 bits per heavy atom. The molecule has 2 atom stereocenters. The molecule has 1 aromatic rings. The molecule has 3 heteroatoms. The normalized spacial score (nSPS) is 20.1. The summed E-state index contributed by atoms with van der Waals surface area (Å²) >= 11 is 0. The van der Waals surface area contributed by atoms with Gasteiger partial charge in [-0.3, -0.25) is 0 Å². The molecule has 0 bridgehead atoms. The highest BCUT2D eigenvalue weighted by Crippen LogP contribution is 2.32. The summed E-state index contributed by atoms with van der Waals surface area (Å²) in [5, 5.41) is 10.0. The highest BCUT2D eigenvalue weighted by atomic mass is 16.3. The molecule has 0 amide bonds. The third-order valence-electron chi connectivity index (χ3n) is 4.78. The van der Waals surface area contributed by atoms with Crippen LogP contribution in [0.1, 0.15) is 69.9 Å². The largest absolute Gasteiger partial charge is 0.388 e. The molecule has 3 nitrogen and oxygen atoms in total. The van der Waals surface area contributed by atoms with Crippen LogP contribution in [0.25, 0.3) is 0 Å². The summed E-state index contributed by atoms with van der Waals surface area (Å²) in [6, 6.07) is 2.67. The van der Waals surface area contributed by atoms with Gasteiger partial charge in [0.25, 0.3) is 0 Å². The maximum absolute atomic E-state index is 10.0. The van der Waals surface area contributed by atoms with E-state index in [-0.39, 0.29) is 6.10 Å². The fraction of sp³-hybridized carbons (Fsp3) is 0.765. The standard InChI is InChI=1S/C17H30N2O/c1-4-18(5-2)12-7-8-14(3)19-13-11-15-16(19)9-6-10-17(15)20/h11,13-14,17,20H,4-10,12H2,1-3H3. The molecule has 0 aromatic carbocycles. The molecule has 1 aromatic heterocycles. The third-order valence-corrected chi connectivity index (χ3v) is 4.78. The smallest absolute Gasteiger partial charge is 0.0807 e. The number of rotatable bonds is 7. The van der Waals surface area contributed by atoms with Crippen LogP contribution in [-0.2, 0) is 6.42 Å². The fourth-order valence-corrected chi connectivity index (χ4v) is 3.39. The molecule has 2 rings (SSSR count). The van der Waals surface area contributed by atoms with Crippen molar-refractivity contribution < 1.29 is 5.11 Å². The molecule has 1 aliphatic carbocycles. The molecule has 20 heavy (non-hydrogen) atoms. The number of nitrogens with zero attached hydrogens (tertiary/aromatic N) is 2. The molecule has 0 fully saturated rings. The Hall–Kier alpha value is -0.800. The van der Waals surface area contributed by atoms with Gasteiger partial charge in [0.05, 0.1) is 6.10 Å². The van der Waals surface area contributed by atoms with Gasteiger partial charge in [0.15, 0.2) is 0 Å². The lowest BCUT2D eigenvalue weighted by Gasteiger charge is -2.24. The number of hydrogen-bond acceptors (Lipinski definition) is 2. The van der Waals surface area contributed by atoms with Crippen LogP contribution < -0.4 is 0 Å². The van der Waals surface area contributed by atoms with Gasteiger partial charge in [0.1, 0.15) is 0 Å². The Morgan fingerprint density at radius 2 is 2.15 bits per heavy atom. The summed E-state index contributed by atoms with van der Waals surface area (Å²) in [7, 11) is 0. The van der Waals surface area contributed by atoms with Gasteiger partial charge in [-0.25, -0.2) is 0 Å². The molecule has 0 saturated carbocycles. The van der Waals surface area contributed by atoms with Crippen LogP contribution in [0.2, 0.25) is 0 Å². The van der Waals surface area contributed by atoms with E-state index in [0.29, 0.717) is 6.04 Å². The van der Waals surface area contributed by atoms with Crippen molar-refractivity contribution in [1.82, 2.24) is 9.47 Å². The number of hydrogen-bond donors (Lipinski definition) is 1. The van der Waals surface area contributed by atoms with Crippen molar-refractivity contribution in [2.75, 3.05) is 19.6 Å². The molecule has 0 spiro atoms. The van der Waals surface area contributed by atoms with Gasteiger partial charge in [-0.15, -0.1) is 0 Å². The summed E-state index contributed by atoms with van der Waals surface area (Å²) in [5.41, 5.74) is 2.55. The molecular weight excluding hydrogens is 248 g/mol. The van der Waals surface area contributed by atoms with Gasteiger partial charge >= 0.3 is 0 Å². The maximum atomic E-state index is 10.0. The van der Waals surface area contributed by atoms with Crippen LogP contribution in [0.3, 0.4) is 0 Å². The zero-order valence-electron chi connectivity index (χ0n) is 13.3. The molecule has 0 radical (unpaired) electrons. The quantitative estimate of drug-likeness (QED) is 0.826. The second-order valence-electron chi connectivity index (χ2n) is 6.05. The van der Waals surface area contributed by atoms with Crippen LogP contribution in [-0.4, -0.2) is 34.2 Å². The predicted molar refractivity (Wildman–Crippen MR) is 84.1 cm³/mol. The summed E-state index contributed by atoms with van der Waals surface area (Å²) < 4.78 is 2.40. The first-order valence-electron chi connectivity index (χ1n) is 8.27. The number of aliphatic hydroxyl groups is 1. The Labute approximate surface area is 123 Å². The summed E-state index contributed by atoms with van der Waals surface area (Å²) in [6.45, 7) is 10.3. The van der Waals surface area contributed by atoms with E-state index < -0.39 is 0 Å². The van der Waals surface area contributed by atoms with Crippen molar-refractivity contribution in [2.45, 2.75) is 65.0 Å². The first kappa shape index (κ1) is 15.6. The first-order chi connectivity index (χ1) is 9.67. The minimum Gasteiger partial charge on any atom is -0.388 e. The van der Waals surface area contributed by atoms with Gasteiger partial charge in [-0.2, -0.15) is 0 Å². The lowest BCUT2D eigenvalue weighted by molar-refractivity contribution is 0.155. The molecule has 0 saturated heterocycles. The second-order valence-corrected chi connectivity index (χ2v) is 6.05. The molecule has 114 valence electrons. The molecule has 0 aliphatic heterocycles. The second kappa shape index (κ2) is 7.28. The average Bonchev–Trinajstić information content (AvgIpc) is 2.89. The molecular formula is C17H30N2O. The molecule has 1 aliphatic rings. The average molecular weight is 278 g/mol. The summed E-state index contributed by atoms with van der Waals surface area (Å²) in [5.74, 6) is 0. The fourth-order valence-electron chi connectivity index (χ4n) is 3.39. The van der Waals surface area contributed by atoms with Gasteiger partial charge in [-0.05, 0) is 64.7 Å². The zero-order valence-corrected chi connectivity index (χ0v) is 13.3. The molecule has 2 unspecified atom stereocenters. The first-order valence-corrected chi connectivity index (χ1v) is 8.27. The van der Waals surface area contributed by atoms with Crippen LogP contribution in [0.4, 0.5) is 0 Å². The minimum absolute atomic E-state index is 0.233. The Kier molecular flexibility index (Phi) is 5.67. The van der Waals surface area contributed by atoms with E-state index in [1.807, 2.05) is 0 Å². The maximum Gasteiger partial charge on any atom is 0.0807 e. The van der Waals surface area contributed by atoms with Crippen molar-refractivity contribution in [3.05, 3.63) is 23.5 Å².